The maximum absolute atomic E-state index is 6.43. The average Bonchev–Trinajstić information content (AvgIpc) is 2.37. The van der Waals surface area contributed by atoms with Crippen LogP contribution >= 0.6 is 0 Å². The van der Waals surface area contributed by atoms with Gasteiger partial charge >= 0.3 is 0 Å². The van der Waals surface area contributed by atoms with Gasteiger partial charge in [-0.05, 0) is 48.2 Å². The number of benzene rings is 1. The van der Waals surface area contributed by atoms with Crippen LogP contribution in [0.4, 0.5) is 0 Å². The molecule has 0 heterocycles. The molecule has 0 aliphatic heterocycles. The summed E-state index contributed by atoms with van der Waals surface area (Å²) in [6.07, 6.45) is 0. The van der Waals surface area contributed by atoms with Crippen LogP contribution in [0.15, 0.2) is 29.8 Å². The summed E-state index contributed by atoms with van der Waals surface area (Å²) in [7, 11) is -0.0923. The Kier molecular flexibility index (Phi) is 5.79. The van der Waals surface area contributed by atoms with E-state index in [0.29, 0.717) is 0 Å². The highest BCUT2D eigenvalue weighted by molar-refractivity contribution is 6.74. The fourth-order valence-corrected chi connectivity index (χ4v) is 3.00. The summed E-state index contributed by atoms with van der Waals surface area (Å²) in [5.74, 6) is 1.88. The minimum atomic E-state index is -1.83. The van der Waals surface area contributed by atoms with E-state index < -0.39 is 8.32 Å². The minimum Gasteiger partial charge on any atom is -0.543 e. The van der Waals surface area contributed by atoms with Crippen molar-refractivity contribution in [2.24, 2.45) is 5.41 Å². The second-order valence-corrected chi connectivity index (χ2v) is 13.5. The van der Waals surface area contributed by atoms with Gasteiger partial charge in [0.25, 0.3) is 0 Å². The third-order valence-corrected chi connectivity index (χ3v) is 9.30. The van der Waals surface area contributed by atoms with Gasteiger partial charge in [-0.25, -0.2) is 0 Å². The van der Waals surface area contributed by atoms with Crippen molar-refractivity contribution in [3.63, 3.8) is 0 Å². The number of methoxy groups -OCH3 is 1. The average molecular weight is 335 g/mol. The zero-order chi connectivity index (χ0) is 18.1. The Bertz CT molecular complexity index is 572. The zero-order valence-corrected chi connectivity index (χ0v) is 17.6. The smallest absolute Gasteiger partial charge is 0.250 e. The molecule has 0 N–H and O–H groups in total. The van der Waals surface area contributed by atoms with Crippen molar-refractivity contribution in [1.29, 1.82) is 0 Å². The highest BCUT2D eigenvalue weighted by Gasteiger charge is 2.39. The maximum Gasteiger partial charge on any atom is 0.250 e. The fourth-order valence-electron chi connectivity index (χ4n) is 1.98. The van der Waals surface area contributed by atoms with E-state index in [4.69, 9.17) is 9.16 Å². The number of rotatable bonds is 4. The van der Waals surface area contributed by atoms with E-state index in [1.807, 2.05) is 12.1 Å². The summed E-state index contributed by atoms with van der Waals surface area (Å²) in [6.45, 7) is 20.1. The third kappa shape index (κ3) is 4.87. The van der Waals surface area contributed by atoms with Gasteiger partial charge < -0.3 is 9.16 Å². The quantitative estimate of drug-likeness (QED) is 0.462. The zero-order valence-electron chi connectivity index (χ0n) is 16.6. The van der Waals surface area contributed by atoms with Crippen molar-refractivity contribution in [1.82, 2.24) is 0 Å². The lowest BCUT2D eigenvalue weighted by atomic mass is 9.85. The predicted molar refractivity (Wildman–Crippen MR) is 103 cm³/mol. The van der Waals surface area contributed by atoms with Crippen LogP contribution in [-0.2, 0) is 4.74 Å². The molecule has 0 aliphatic carbocycles. The van der Waals surface area contributed by atoms with Gasteiger partial charge in [-0.3, -0.25) is 0 Å². The largest absolute Gasteiger partial charge is 0.543 e. The van der Waals surface area contributed by atoms with Crippen LogP contribution in [0.1, 0.15) is 54.0 Å². The molecular weight excluding hydrogens is 300 g/mol. The summed E-state index contributed by atoms with van der Waals surface area (Å²) in [5.41, 5.74) is 2.39. The van der Waals surface area contributed by atoms with E-state index >= 15 is 0 Å². The van der Waals surface area contributed by atoms with E-state index in [-0.39, 0.29) is 10.5 Å². The van der Waals surface area contributed by atoms with Gasteiger partial charge in [0.15, 0.2) is 0 Å². The van der Waals surface area contributed by atoms with Crippen LogP contribution in [0.3, 0.4) is 0 Å². The summed E-state index contributed by atoms with van der Waals surface area (Å²) in [5, 5.41) is 0.185. The van der Waals surface area contributed by atoms with Gasteiger partial charge in [0, 0.05) is 5.56 Å². The van der Waals surface area contributed by atoms with Gasteiger partial charge in [-0.15, -0.1) is 0 Å². The second-order valence-electron chi connectivity index (χ2n) is 8.80. The fraction of sp³-hybridized carbons (Fsp3) is 0.600. The molecule has 0 atom stereocenters. The lowest BCUT2D eigenvalue weighted by molar-refractivity contribution is 0.353. The molecule has 1 aromatic carbocycles. The van der Waals surface area contributed by atoms with Crippen molar-refractivity contribution in [3.05, 3.63) is 35.4 Å². The van der Waals surface area contributed by atoms with E-state index in [2.05, 4.69) is 73.7 Å². The Labute approximate surface area is 144 Å². The molecule has 0 radical (unpaired) electrons. The molecule has 130 valence electrons. The van der Waals surface area contributed by atoms with E-state index in [9.17, 15) is 0 Å². The SMILES string of the molecule is COC(=C(C)C(C)(C)C)c1cccc(O[Si](C)(C)C(C)(C)C)c1. The van der Waals surface area contributed by atoms with Crippen molar-refractivity contribution >= 4 is 14.1 Å². The molecule has 0 unspecified atom stereocenters. The maximum atomic E-state index is 6.43. The Balaban J connectivity index is 3.25. The molecule has 23 heavy (non-hydrogen) atoms. The third-order valence-electron chi connectivity index (χ3n) is 4.95. The number of allylic oxidation sites excluding steroid dienone is 1. The highest BCUT2D eigenvalue weighted by Crippen LogP contribution is 2.38. The summed E-state index contributed by atoms with van der Waals surface area (Å²) in [6, 6.07) is 8.29. The Morgan fingerprint density at radius 2 is 1.57 bits per heavy atom. The van der Waals surface area contributed by atoms with E-state index in [1.54, 1.807) is 7.11 Å². The molecule has 2 nitrogen and oxygen atoms in total. The molecule has 0 amide bonds. The molecule has 3 heteroatoms. The molecule has 0 aromatic heterocycles. The first-order valence-corrected chi connectivity index (χ1v) is 11.3. The van der Waals surface area contributed by atoms with Gasteiger partial charge in [0.05, 0.1) is 7.11 Å². The molecule has 0 aliphatic rings. The molecular formula is C20H34O2Si. The van der Waals surface area contributed by atoms with E-state index in [0.717, 1.165) is 17.1 Å². The van der Waals surface area contributed by atoms with Gasteiger partial charge in [0.1, 0.15) is 11.5 Å². The topological polar surface area (TPSA) is 18.5 Å². The van der Waals surface area contributed by atoms with Crippen LogP contribution in [0.25, 0.3) is 5.76 Å². The Hall–Kier alpha value is -1.22. The number of hydrogen-bond acceptors (Lipinski definition) is 2. The first-order chi connectivity index (χ1) is 10.3. The summed E-state index contributed by atoms with van der Waals surface area (Å²) in [4.78, 5) is 0. The minimum absolute atomic E-state index is 0.0711. The first-order valence-electron chi connectivity index (χ1n) is 8.34. The van der Waals surface area contributed by atoms with Crippen LogP contribution < -0.4 is 4.43 Å². The van der Waals surface area contributed by atoms with Gasteiger partial charge in [-0.1, -0.05) is 53.7 Å². The lowest BCUT2D eigenvalue weighted by Crippen LogP contribution is -2.43. The molecule has 1 rings (SSSR count). The van der Waals surface area contributed by atoms with Crippen LogP contribution in [-0.4, -0.2) is 15.4 Å². The summed E-state index contributed by atoms with van der Waals surface area (Å²) < 4.78 is 12.1. The summed E-state index contributed by atoms with van der Waals surface area (Å²) >= 11 is 0. The molecule has 0 fully saturated rings. The first kappa shape index (κ1) is 19.8. The van der Waals surface area contributed by atoms with Crippen molar-refractivity contribution in [3.8, 4) is 5.75 Å². The van der Waals surface area contributed by atoms with Crippen LogP contribution in [0.2, 0.25) is 18.1 Å². The predicted octanol–water partition coefficient (Wildman–Crippen LogP) is 6.49. The van der Waals surface area contributed by atoms with Crippen LogP contribution in [0, 0.1) is 5.41 Å². The normalized spacial score (nSPS) is 14.3. The Morgan fingerprint density at radius 3 is 2.00 bits per heavy atom. The van der Waals surface area contributed by atoms with E-state index in [1.165, 1.54) is 5.57 Å². The van der Waals surface area contributed by atoms with Gasteiger partial charge in [0.2, 0.25) is 8.32 Å². The second kappa shape index (κ2) is 6.72. The van der Waals surface area contributed by atoms with Gasteiger partial charge in [-0.2, -0.15) is 0 Å². The highest BCUT2D eigenvalue weighted by atomic mass is 28.4. The lowest BCUT2D eigenvalue weighted by Gasteiger charge is -2.36. The molecule has 0 bridgehead atoms. The molecule has 0 saturated heterocycles. The molecule has 1 aromatic rings. The van der Waals surface area contributed by atoms with Crippen LogP contribution in [0.5, 0.6) is 5.75 Å². The Morgan fingerprint density at radius 1 is 1.00 bits per heavy atom. The number of ether oxygens (including phenoxy) is 1. The van der Waals surface area contributed by atoms with Crippen molar-refractivity contribution in [2.45, 2.75) is 66.6 Å². The molecule has 0 saturated carbocycles. The standard InChI is InChI=1S/C20H34O2Si/c1-15(19(2,3)4)18(21-8)16-12-11-13-17(14-16)22-23(9,10)20(5,6)7/h11-14H,1-10H3. The number of hydrogen-bond donors (Lipinski definition) is 0. The van der Waals surface area contributed by atoms with Crippen molar-refractivity contribution in [2.75, 3.05) is 7.11 Å². The monoisotopic (exact) mass is 334 g/mol. The molecule has 0 spiro atoms. The van der Waals surface area contributed by atoms with Crippen molar-refractivity contribution < 1.29 is 9.16 Å².